The van der Waals surface area contributed by atoms with Crippen molar-refractivity contribution < 1.29 is 4.79 Å². The lowest BCUT2D eigenvalue weighted by molar-refractivity contribution is -0.115. The van der Waals surface area contributed by atoms with Gasteiger partial charge < -0.3 is 0 Å². The van der Waals surface area contributed by atoms with Crippen LogP contribution in [0.3, 0.4) is 0 Å². The monoisotopic (exact) mass is 334 g/mol. The Kier molecular flexibility index (Phi) is 3.67. The Labute approximate surface area is 128 Å². The number of carbonyl (C=O) groups excluding carboxylic acids is 1. The van der Waals surface area contributed by atoms with Gasteiger partial charge in [-0.1, -0.05) is 22.9 Å². The van der Waals surface area contributed by atoms with Gasteiger partial charge in [-0.2, -0.15) is 5.10 Å². The molecule has 2 aliphatic rings. The predicted molar refractivity (Wildman–Crippen MR) is 84.9 cm³/mol. The fraction of sp³-hybridized carbons (Fsp3) is 0.500. The molecule has 2 fully saturated rings. The van der Waals surface area contributed by atoms with Gasteiger partial charge in [0.15, 0.2) is 5.78 Å². The zero-order chi connectivity index (χ0) is 14.2. The molecule has 0 atom stereocenters. The first kappa shape index (κ1) is 13.8. The van der Waals surface area contributed by atoms with Gasteiger partial charge in [0.25, 0.3) is 0 Å². The SMILES string of the molecule is CC1CC2(CCC(=O)C(=NNc3ccc(Br)cc3)C2)C1. The number of hydrazone groups is 1. The quantitative estimate of drug-likeness (QED) is 0.815. The third-order valence-electron chi connectivity index (χ3n) is 4.47. The largest absolute Gasteiger partial charge is 0.293 e. The standard InChI is InChI=1S/C16H19BrN2O/c1-11-8-16(9-11)7-6-15(20)14(10-16)19-18-13-4-2-12(17)3-5-13/h2-5,11,18H,6-10H2,1H3. The van der Waals surface area contributed by atoms with Crippen LogP contribution in [0.2, 0.25) is 0 Å². The van der Waals surface area contributed by atoms with Crippen molar-refractivity contribution in [3.8, 4) is 0 Å². The molecule has 0 aromatic heterocycles. The van der Waals surface area contributed by atoms with Crippen molar-refractivity contribution in [2.75, 3.05) is 5.43 Å². The molecule has 20 heavy (non-hydrogen) atoms. The molecule has 3 nitrogen and oxygen atoms in total. The van der Waals surface area contributed by atoms with E-state index in [0.717, 1.165) is 34.6 Å². The van der Waals surface area contributed by atoms with E-state index >= 15 is 0 Å². The molecular formula is C16H19BrN2O. The maximum absolute atomic E-state index is 12.0. The highest BCUT2D eigenvalue weighted by molar-refractivity contribution is 9.10. The average Bonchev–Trinajstić information content (AvgIpc) is 2.40. The number of rotatable bonds is 2. The molecule has 0 unspecified atom stereocenters. The number of hydrogen-bond acceptors (Lipinski definition) is 3. The van der Waals surface area contributed by atoms with E-state index in [4.69, 9.17) is 0 Å². The van der Waals surface area contributed by atoms with Gasteiger partial charge in [0.2, 0.25) is 0 Å². The van der Waals surface area contributed by atoms with Crippen LogP contribution in [0.4, 0.5) is 5.69 Å². The van der Waals surface area contributed by atoms with Gasteiger partial charge in [0.1, 0.15) is 5.71 Å². The lowest BCUT2D eigenvalue weighted by Gasteiger charge is -2.49. The van der Waals surface area contributed by atoms with E-state index in [0.29, 0.717) is 11.8 Å². The molecule has 1 spiro atoms. The number of carbonyl (C=O) groups is 1. The van der Waals surface area contributed by atoms with Crippen molar-refractivity contribution in [1.29, 1.82) is 0 Å². The van der Waals surface area contributed by atoms with Gasteiger partial charge in [-0.3, -0.25) is 10.2 Å². The summed E-state index contributed by atoms with van der Waals surface area (Å²) in [4.78, 5) is 12.0. The molecule has 106 valence electrons. The minimum absolute atomic E-state index is 0.208. The van der Waals surface area contributed by atoms with E-state index in [1.54, 1.807) is 0 Å². The summed E-state index contributed by atoms with van der Waals surface area (Å²) in [5.74, 6) is 1.02. The van der Waals surface area contributed by atoms with Crippen LogP contribution in [-0.2, 0) is 4.79 Å². The Morgan fingerprint density at radius 3 is 2.65 bits per heavy atom. The third-order valence-corrected chi connectivity index (χ3v) is 5.00. The second-order valence-corrected chi connectivity index (χ2v) is 7.21. The van der Waals surface area contributed by atoms with E-state index < -0.39 is 0 Å². The molecule has 2 saturated carbocycles. The molecule has 2 aliphatic carbocycles. The molecule has 1 aromatic rings. The molecule has 0 amide bonds. The molecule has 0 bridgehead atoms. The number of ketones is 1. The first-order chi connectivity index (χ1) is 9.56. The Bertz CT molecular complexity index is 544. The molecule has 4 heteroatoms. The zero-order valence-corrected chi connectivity index (χ0v) is 13.2. The summed E-state index contributed by atoms with van der Waals surface area (Å²) in [7, 11) is 0. The molecule has 1 aromatic carbocycles. The van der Waals surface area contributed by atoms with E-state index in [2.05, 4.69) is 33.4 Å². The second-order valence-electron chi connectivity index (χ2n) is 6.29. The Morgan fingerprint density at radius 1 is 1.30 bits per heavy atom. The summed E-state index contributed by atoms with van der Waals surface area (Å²) in [6, 6.07) is 7.81. The van der Waals surface area contributed by atoms with Crippen molar-refractivity contribution >= 4 is 33.1 Å². The van der Waals surface area contributed by atoms with Gasteiger partial charge in [0.05, 0.1) is 5.69 Å². The highest BCUT2D eigenvalue weighted by atomic mass is 79.9. The van der Waals surface area contributed by atoms with Crippen molar-refractivity contribution in [3.63, 3.8) is 0 Å². The van der Waals surface area contributed by atoms with E-state index in [-0.39, 0.29) is 5.78 Å². The van der Waals surface area contributed by atoms with Gasteiger partial charge in [0, 0.05) is 17.3 Å². The van der Waals surface area contributed by atoms with E-state index in [1.807, 2.05) is 24.3 Å². The number of halogens is 1. The fourth-order valence-corrected chi connectivity index (χ4v) is 3.85. The first-order valence-corrected chi connectivity index (χ1v) is 7.97. The normalized spacial score (nSPS) is 31.4. The van der Waals surface area contributed by atoms with E-state index in [9.17, 15) is 4.79 Å². The zero-order valence-electron chi connectivity index (χ0n) is 11.7. The van der Waals surface area contributed by atoms with Gasteiger partial charge >= 0.3 is 0 Å². The summed E-state index contributed by atoms with van der Waals surface area (Å²) < 4.78 is 1.03. The lowest BCUT2D eigenvalue weighted by Crippen LogP contribution is -2.43. The van der Waals surface area contributed by atoms with Crippen molar-refractivity contribution in [2.45, 2.75) is 39.0 Å². The molecule has 1 N–H and O–H groups in total. The highest BCUT2D eigenvalue weighted by Gasteiger charge is 2.46. The number of anilines is 1. The molecule has 0 saturated heterocycles. The molecular weight excluding hydrogens is 316 g/mol. The number of Topliss-reactive ketones (excluding diaryl/α,β-unsaturated/α-hetero) is 1. The van der Waals surface area contributed by atoms with Crippen molar-refractivity contribution in [2.24, 2.45) is 16.4 Å². The van der Waals surface area contributed by atoms with Crippen LogP contribution in [-0.4, -0.2) is 11.5 Å². The molecule has 3 rings (SSSR count). The van der Waals surface area contributed by atoms with Gasteiger partial charge in [-0.15, -0.1) is 0 Å². The Hall–Kier alpha value is -1.16. The van der Waals surface area contributed by atoms with Crippen molar-refractivity contribution in [3.05, 3.63) is 28.7 Å². The third kappa shape index (κ3) is 2.80. The predicted octanol–water partition coefficient (Wildman–Crippen LogP) is 4.39. The maximum atomic E-state index is 12.0. The molecule has 0 aliphatic heterocycles. The fourth-order valence-electron chi connectivity index (χ4n) is 3.59. The summed E-state index contributed by atoms with van der Waals surface area (Å²) in [5.41, 5.74) is 5.02. The number of nitrogens with zero attached hydrogens (tertiary/aromatic N) is 1. The Morgan fingerprint density at radius 2 is 2.00 bits per heavy atom. The minimum Gasteiger partial charge on any atom is -0.293 e. The Balaban J connectivity index is 1.69. The topological polar surface area (TPSA) is 41.5 Å². The summed E-state index contributed by atoms with van der Waals surface area (Å²) in [5, 5.41) is 4.37. The second kappa shape index (κ2) is 5.32. The number of nitrogens with one attached hydrogen (secondary N) is 1. The highest BCUT2D eigenvalue weighted by Crippen LogP contribution is 2.53. The van der Waals surface area contributed by atoms with Crippen molar-refractivity contribution in [1.82, 2.24) is 0 Å². The maximum Gasteiger partial charge on any atom is 0.178 e. The molecule has 0 heterocycles. The molecule has 0 radical (unpaired) electrons. The van der Waals surface area contributed by atoms with Crippen LogP contribution in [0.15, 0.2) is 33.8 Å². The smallest absolute Gasteiger partial charge is 0.178 e. The summed E-state index contributed by atoms with van der Waals surface area (Å²) >= 11 is 3.40. The van der Waals surface area contributed by atoms with Crippen LogP contribution < -0.4 is 5.43 Å². The summed E-state index contributed by atoms with van der Waals surface area (Å²) in [6.45, 7) is 2.29. The number of hydrogen-bond donors (Lipinski definition) is 1. The van der Waals surface area contributed by atoms with Crippen LogP contribution in [0.5, 0.6) is 0 Å². The van der Waals surface area contributed by atoms with Gasteiger partial charge in [-0.25, -0.2) is 0 Å². The van der Waals surface area contributed by atoms with Crippen LogP contribution in [0.1, 0.15) is 39.0 Å². The first-order valence-electron chi connectivity index (χ1n) is 7.18. The van der Waals surface area contributed by atoms with Crippen LogP contribution in [0, 0.1) is 11.3 Å². The van der Waals surface area contributed by atoms with Gasteiger partial charge in [-0.05, 0) is 54.9 Å². The number of benzene rings is 1. The van der Waals surface area contributed by atoms with Crippen LogP contribution >= 0.6 is 15.9 Å². The minimum atomic E-state index is 0.208. The van der Waals surface area contributed by atoms with Crippen LogP contribution in [0.25, 0.3) is 0 Å². The summed E-state index contributed by atoms with van der Waals surface area (Å²) in [6.07, 6.45) is 5.05. The average molecular weight is 335 g/mol. The lowest BCUT2D eigenvalue weighted by atomic mass is 9.56. The van der Waals surface area contributed by atoms with E-state index in [1.165, 1.54) is 12.8 Å².